The van der Waals surface area contributed by atoms with Crippen LogP contribution in [0.5, 0.6) is 11.5 Å². The average molecular weight is 510 g/mol. The molecule has 1 N–H and O–H groups in total. The smallest absolute Gasteiger partial charge is 0.276 e. The average Bonchev–Trinajstić information content (AvgIpc) is 2.93. The molecule has 1 aliphatic carbocycles. The first-order chi connectivity index (χ1) is 18.4. The van der Waals surface area contributed by atoms with Crippen molar-refractivity contribution in [3.63, 3.8) is 0 Å². The van der Waals surface area contributed by atoms with Crippen molar-refractivity contribution >= 4 is 5.82 Å². The minimum atomic E-state index is -0.483. The quantitative estimate of drug-likeness (QED) is 0.393. The molecule has 10 heteroatoms. The molecule has 0 amide bonds. The van der Waals surface area contributed by atoms with Crippen LogP contribution in [-0.2, 0) is 12.5 Å². The van der Waals surface area contributed by atoms with Gasteiger partial charge in [-0.15, -0.1) is 0 Å². The number of benzene rings is 1. The summed E-state index contributed by atoms with van der Waals surface area (Å²) in [6.45, 7) is 0. The Morgan fingerprint density at radius 3 is 2.24 bits per heavy atom. The van der Waals surface area contributed by atoms with Gasteiger partial charge in [-0.05, 0) is 43.5 Å². The zero-order chi connectivity index (χ0) is 26.9. The maximum Gasteiger partial charge on any atom is 0.276 e. The van der Waals surface area contributed by atoms with Gasteiger partial charge in [0.1, 0.15) is 28.6 Å². The second-order valence-electron chi connectivity index (χ2n) is 9.17. The summed E-state index contributed by atoms with van der Waals surface area (Å²) in [5.74, 6) is 1.60. The SMILES string of the molecule is CNc1ncc(-c2ccc(C3(C#N)CCC3)nc2)nc1-c1cn(C)c(=O)c(-c2cc(OC)cc(OC)c2)n1. The van der Waals surface area contributed by atoms with Crippen LogP contribution in [0.4, 0.5) is 5.82 Å². The van der Waals surface area contributed by atoms with Crippen molar-refractivity contribution in [1.29, 1.82) is 5.26 Å². The van der Waals surface area contributed by atoms with Gasteiger partial charge >= 0.3 is 0 Å². The van der Waals surface area contributed by atoms with Gasteiger partial charge in [-0.3, -0.25) is 9.78 Å². The number of hydrogen-bond donors (Lipinski definition) is 1. The Morgan fingerprint density at radius 2 is 1.68 bits per heavy atom. The summed E-state index contributed by atoms with van der Waals surface area (Å²) in [5, 5.41) is 12.7. The van der Waals surface area contributed by atoms with Crippen molar-refractivity contribution < 1.29 is 9.47 Å². The highest BCUT2D eigenvalue weighted by atomic mass is 16.5. The lowest BCUT2D eigenvalue weighted by Gasteiger charge is -2.34. The number of ether oxygens (including phenoxy) is 2. The number of pyridine rings is 1. The molecule has 0 radical (unpaired) electrons. The van der Waals surface area contributed by atoms with E-state index in [1.807, 2.05) is 12.1 Å². The molecule has 3 aromatic heterocycles. The molecule has 0 spiro atoms. The van der Waals surface area contributed by atoms with Gasteiger partial charge in [-0.1, -0.05) is 0 Å². The molecule has 1 fully saturated rings. The fourth-order valence-electron chi connectivity index (χ4n) is 4.53. The maximum absolute atomic E-state index is 13.1. The predicted molar refractivity (Wildman–Crippen MR) is 143 cm³/mol. The van der Waals surface area contributed by atoms with Crippen molar-refractivity contribution in [2.24, 2.45) is 7.05 Å². The molecule has 1 aliphatic rings. The van der Waals surface area contributed by atoms with Gasteiger partial charge in [-0.2, -0.15) is 5.26 Å². The summed E-state index contributed by atoms with van der Waals surface area (Å²) < 4.78 is 12.2. The van der Waals surface area contributed by atoms with Crippen molar-refractivity contribution in [2.45, 2.75) is 24.7 Å². The van der Waals surface area contributed by atoms with Crippen molar-refractivity contribution in [3.05, 3.63) is 65.0 Å². The highest BCUT2D eigenvalue weighted by molar-refractivity contribution is 5.74. The standard InChI is InChI=1S/C28H27N7O3/c1-30-26-25(33-21(14-32-26)17-6-7-23(31-13-17)28(16-29)8-5-9-28)22-15-35(2)27(36)24(34-22)18-10-19(37-3)12-20(11-18)38-4/h6-7,10-15H,5,8-9H2,1-4H3,(H,30,32). The maximum atomic E-state index is 13.1. The minimum absolute atomic E-state index is 0.227. The summed E-state index contributed by atoms with van der Waals surface area (Å²) in [7, 11) is 6.52. The summed E-state index contributed by atoms with van der Waals surface area (Å²) in [4.78, 5) is 31.8. The monoisotopic (exact) mass is 509 g/mol. The van der Waals surface area contributed by atoms with E-state index in [2.05, 4.69) is 21.4 Å². The molecule has 0 saturated heterocycles. The third kappa shape index (κ3) is 4.32. The van der Waals surface area contributed by atoms with Gasteiger partial charge in [0, 0.05) is 43.7 Å². The van der Waals surface area contributed by atoms with Crippen LogP contribution in [0, 0.1) is 11.3 Å². The van der Waals surface area contributed by atoms with Crippen LogP contribution in [-0.4, -0.2) is 45.8 Å². The van der Waals surface area contributed by atoms with Gasteiger partial charge in [0.2, 0.25) is 0 Å². The Balaban J connectivity index is 1.60. The van der Waals surface area contributed by atoms with Crippen molar-refractivity contribution in [3.8, 4) is 51.5 Å². The molecular formula is C28H27N7O3. The number of anilines is 1. The first-order valence-corrected chi connectivity index (χ1v) is 12.2. The third-order valence-electron chi connectivity index (χ3n) is 6.92. The summed E-state index contributed by atoms with van der Waals surface area (Å²) in [6.07, 6.45) is 7.71. The molecule has 1 saturated carbocycles. The first-order valence-electron chi connectivity index (χ1n) is 12.2. The van der Waals surface area contributed by atoms with E-state index in [9.17, 15) is 10.1 Å². The molecule has 0 bridgehead atoms. The van der Waals surface area contributed by atoms with E-state index in [4.69, 9.17) is 19.4 Å². The zero-order valence-electron chi connectivity index (χ0n) is 21.6. The van der Waals surface area contributed by atoms with Gasteiger partial charge in [0.25, 0.3) is 5.56 Å². The van der Waals surface area contributed by atoms with Crippen LogP contribution in [0.15, 0.2) is 53.7 Å². The Bertz CT molecular complexity index is 1580. The first kappa shape index (κ1) is 24.9. The Kier molecular flexibility index (Phi) is 6.51. The number of nitrogens with one attached hydrogen (secondary N) is 1. The van der Waals surface area contributed by atoms with E-state index in [0.29, 0.717) is 40.0 Å². The normalized spacial score (nSPS) is 13.8. The van der Waals surface area contributed by atoms with Crippen LogP contribution >= 0.6 is 0 Å². The molecule has 0 atom stereocenters. The lowest BCUT2D eigenvalue weighted by Crippen LogP contribution is -2.33. The molecule has 4 aromatic rings. The molecule has 10 nitrogen and oxygen atoms in total. The van der Waals surface area contributed by atoms with Gasteiger partial charge in [0.05, 0.1) is 43.3 Å². The lowest BCUT2D eigenvalue weighted by molar-refractivity contribution is 0.316. The second kappa shape index (κ2) is 9.94. The molecule has 38 heavy (non-hydrogen) atoms. The van der Waals surface area contributed by atoms with Crippen molar-refractivity contribution in [1.82, 2.24) is 24.5 Å². The number of nitrogens with zero attached hydrogens (tertiary/aromatic N) is 6. The zero-order valence-corrected chi connectivity index (χ0v) is 21.6. The molecule has 0 unspecified atom stereocenters. The summed E-state index contributed by atoms with van der Waals surface area (Å²) >= 11 is 0. The van der Waals surface area contributed by atoms with E-state index < -0.39 is 5.41 Å². The topological polar surface area (TPSA) is 128 Å². The predicted octanol–water partition coefficient (Wildman–Crippen LogP) is 3.97. The Labute approximate surface area is 220 Å². The van der Waals surface area contributed by atoms with Gasteiger partial charge in [-0.25, -0.2) is 15.0 Å². The van der Waals surface area contributed by atoms with Crippen LogP contribution in [0.25, 0.3) is 33.9 Å². The van der Waals surface area contributed by atoms with E-state index in [1.165, 1.54) is 4.57 Å². The number of nitriles is 1. The molecule has 0 aliphatic heterocycles. The molecule has 3 heterocycles. The summed E-state index contributed by atoms with van der Waals surface area (Å²) in [6, 6.07) is 11.4. The molecule has 5 rings (SSSR count). The van der Waals surface area contributed by atoms with E-state index >= 15 is 0 Å². The van der Waals surface area contributed by atoms with Crippen LogP contribution in [0.2, 0.25) is 0 Å². The molecule has 192 valence electrons. The van der Waals surface area contributed by atoms with Gasteiger partial charge < -0.3 is 19.4 Å². The molecular weight excluding hydrogens is 482 g/mol. The minimum Gasteiger partial charge on any atom is -0.497 e. The van der Waals surface area contributed by atoms with Crippen molar-refractivity contribution in [2.75, 3.05) is 26.6 Å². The number of hydrogen-bond acceptors (Lipinski definition) is 9. The third-order valence-corrected chi connectivity index (χ3v) is 6.92. The fraction of sp³-hybridized carbons (Fsp3) is 0.286. The largest absolute Gasteiger partial charge is 0.497 e. The number of methoxy groups -OCH3 is 2. The van der Waals surface area contributed by atoms with Crippen LogP contribution in [0.1, 0.15) is 25.0 Å². The number of aryl methyl sites for hydroxylation is 1. The van der Waals surface area contributed by atoms with Crippen LogP contribution < -0.4 is 20.3 Å². The summed E-state index contributed by atoms with van der Waals surface area (Å²) in [5.41, 5.74) is 3.11. The molecule has 1 aromatic carbocycles. The van der Waals surface area contributed by atoms with Crippen LogP contribution in [0.3, 0.4) is 0 Å². The fourth-order valence-corrected chi connectivity index (χ4v) is 4.53. The Morgan fingerprint density at radius 1 is 0.974 bits per heavy atom. The van der Waals surface area contributed by atoms with E-state index in [1.54, 1.807) is 65.1 Å². The lowest BCUT2D eigenvalue weighted by atomic mass is 9.67. The number of rotatable bonds is 7. The highest BCUT2D eigenvalue weighted by Gasteiger charge is 2.40. The second-order valence-corrected chi connectivity index (χ2v) is 9.17. The highest BCUT2D eigenvalue weighted by Crippen LogP contribution is 2.42. The Hall–Kier alpha value is -4.78. The number of aromatic nitrogens is 5. The van der Waals surface area contributed by atoms with E-state index in [-0.39, 0.29) is 11.3 Å². The van der Waals surface area contributed by atoms with E-state index in [0.717, 1.165) is 30.5 Å². The van der Waals surface area contributed by atoms with Gasteiger partial charge in [0.15, 0.2) is 5.82 Å².